The molecule has 0 aromatic heterocycles. The van der Waals surface area contributed by atoms with Crippen molar-refractivity contribution in [2.24, 2.45) is 11.8 Å². The number of cyclic esters (lactones) is 1. The molecular formula is C33H30N2O5S. The Morgan fingerprint density at radius 3 is 2.54 bits per heavy atom. The predicted octanol–water partition coefficient (Wildman–Crippen LogP) is 3.76. The van der Waals surface area contributed by atoms with Crippen LogP contribution in [0, 0.1) is 11.8 Å². The molecule has 0 saturated carbocycles. The van der Waals surface area contributed by atoms with Crippen molar-refractivity contribution in [3.8, 4) is 0 Å². The first kappa shape index (κ1) is 26.0. The van der Waals surface area contributed by atoms with Gasteiger partial charge >= 0.3 is 5.97 Å². The summed E-state index contributed by atoms with van der Waals surface area (Å²) in [5.41, 5.74) is 1.70. The zero-order valence-corrected chi connectivity index (χ0v) is 23.2. The predicted molar refractivity (Wildman–Crippen MR) is 158 cm³/mol. The van der Waals surface area contributed by atoms with Crippen molar-refractivity contribution in [2.45, 2.75) is 28.5 Å². The summed E-state index contributed by atoms with van der Waals surface area (Å²) < 4.78 is 4.51. The molecule has 2 saturated heterocycles. The van der Waals surface area contributed by atoms with E-state index in [-0.39, 0.29) is 30.3 Å². The Morgan fingerprint density at radius 1 is 0.951 bits per heavy atom. The van der Waals surface area contributed by atoms with Crippen LogP contribution >= 0.6 is 11.8 Å². The van der Waals surface area contributed by atoms with Crippen molar-refractivity contribution < 1.29 is 24.2 Å². The lowest BCUT2D eigenvalue weighted by molar-refractivity contribution is -0.152. The number of benzene rings is 3. The van der Waals surface area contributed by atoms with Crippen LogP contribution in [0.2, 0.25) is 0 Å². The first-order chi connectivity index (χ1) is 20.0. The number of carbonyl (C=O) groups is 3. The van der Waals surface area contributed by atoms with Crippen molar-refractivity contribution in [1.82, 2.24) is 4.90 Å². The third kappa shape index (κ3) is 4.11. The molecule has 4 heterocycles. The van der Waals surface area contributed by atoms with Crippen LogP contribution in [-0.2, 0) is 25.5 Å². The molecule has 8 heteroatoms. The molecule has 1 spiro atoms. The molecule has 2 amide bonds. The zero-order chi connectivity index (χ0) is 28.1. The molecule has 41 heavy (non-hydrogen) atoms. The van der Waals surface area contributed by atoms with Gasteiger partial charge in [0.25, 0.3) is 5.91 Å². The second-order valence-corrected chi connectivity index (χ2v) is 12.5. The van der Waals surface area contributed by atoms with E-state index in [0.717, 1.165) is 22.0 Å². The second kappa shape index (κ2) is 10.2. The highest BCUT2D eigenvalue weighted by Crippen LogP contribution is 2.61. The van der Waals surface area contributed by atoms with Crippen LogP contribution in [0.4, 0.5) is 5.69 Å². The van der Waals surface area contributed by atoms with E-state index in [1.54, 1.807) is 9.80 Å². The standard InChI is InChI=1S/C33H30N2O5S/c36-20-25(18-21-8-2-1-3-9-21)35-29-31(38)34(24-14-13-22-10-4-5-11-23(22)19-24)16-7-15-33(29)28(30(35)37)27-26(41-33)12-6-17-40-32(27)39/h1-15,19,25-29,36H,16-18,20H2/t25-,26-,27+,28+,29?,33+/m1/s1. The van der Waals surface area contributed by atoms with Crippen molar-refractivity contribution >= 4 is 46.0 Å². The van der Waals surface area contributed by atoms with E-state index >= 15 is 0 Å². The van der Waals surface area contributed by atoms with Crippen LogP contribution < -0.4 is 4.90 Å². The van der Waals surface area contributed by atoms with E-state index in [2.05, 4.69) is 0 Å². The maximum atomic E-state index is 14.7. The monoisotopic (exact) mass is 566 g/mol. The van der Waals surface area contributed by atoms with Gasteiger partial charge in [-0.25, -0.2) is 0 Å². The van der Waals surface area contributed by atoms with Crippen LogP contribution in [0.25, 0.3) is 10.8 Å². The molecule has 7 rings (SSSR count). The van der Waals surface area contributed by atoms with E-state index in [4.69, 9.17) is 4.74 Å². The first-order valence-electron chi connectivity index (χ1n) is 14.0. The van der Waals surface area contributed by atoms with E-state index in [1.165, 1.54) is 11.8 Å². The fraction of sp³-hybridized carbons (Fsp3) is 0.303. The van der Waals surface area contributed by atoms with Crippen LogP contribution in [0.3, 0.4) is 0 Å². The molecule has 1 N–H and O–H groups in total. The van der Waals surface area contributed by atoms with Gasteiger partial charge in [0, 0.05) is 17.5 Å². The topological polar surface area (TPSA) is 87.2 Å². The number of rotatable bonds is 5. The third-order valence-electron chi connectivity index (χ3n) is 8.81. The Kier molecular flexibility index (Phi) is 6.47. The number of likely N-dealkylation sites (tertiary alicyclic amines) is 1. The summed E-state index contributed by atoms with van der Waals surface area (Å²) in [4.78, 5) is 45.8. The smallest absolute Gasteiger partial charge is 0.311 e. The number of nitrogens with zero attached hydrogens (tertiary/aromatic N) is 2. The molecule has 7 nitrogen and oxygen atoms in total. The molecule has 6 atom stereocenters. The van der Waals surface area contributed by atoms with E-state index in [1.807, 2.05) is 97.1 Å². The number of fused-ring (bicyclic) bond motifs is 3. The molecule has 2 fully saturated rings. The number of hydrogen-bond donors (Lipinski definition) is 1. The molecular weight excluding hydrogens is 536 g/mol. The van der Waals surface area contributed by atoms with Gasteiger partial charge in [-0.3, -0.25) is 14.4 Å². The van der Waals surface area contributed by atoms with Crippen molar-refractivity contribution in [2.75, 3.05) is 24.7 Å². The Bertz CT molecular complexity index is 1590. The lowest BCUT2D eigenvalue weighted by atomic mass is 9.78. The fourth-order valence-electron chi connectivity index (χ4n) is 7.02. The summed E-state index contributed by atoms with van der Waals surface area (Å²) in [5, 5.41) is 12.5. The number of esters is 1. The van der Waals surface area contributed by atoms with Crippen LogP contribution in [-0.4, -0.2) is 69.6 Å². The zero-order valence-electron chi connectivity index (χ0n) is 22.3. The van der Waals surface area contributed by atoms with Gasteiger partial charge in [-0.15, -0.1) is 11.8 Å². The van der Waals surface area contributed by atoms with Crippen molar-refractivity contribution in [1.29, 1.82) is 0 Å². The minimum Gasteiger partial charge on any atom is -0.461 e. The summed E-state index contributed by atoms with van der Waals surface area (Å²) >= 11 is 1.51. The Labute approximate surface area is 242 Å². The van der Waals surface area contributed by atoms with E-state index < -0.39 is 34.6 Å². The average molecular weight is 567 g/mol. The number of amides is 2. The number of thioether (sulfide) groups is 1. The molecule has 0 radical (unpaired) electrons. The summed E-state index contributed by atoms with van der Waals surface area (Å²) in [6.07, 6.45) is 8.09. The van der Waals surface area contributed by atoms with Crippen molar-refractivity contribution in [3.05, 3.63) is 103 Å². The molecule has 208 valence electrons. The molecule has 3 aromatic rings. The van der Waals surface area contributed by atoms with Gasteiger partial charge in [-0.2, -0.15) is 0 Å². The number of anilines is 1. The molecule has 3 aromatic carbocycles. The number of hydrogen-bond acceptors (Lipinski definition) is 6. The van der Waals surface area contributed by atoms with Crippen molar-refractivity contribution in [3.63, 3.8) is 0 Å². The van der Waals surface area contributed by atoms with Gasteiger partial charge in [-0.1, -0.05) is 85.0 Å². The highest BCUT2D eigenvalue weighted by molar-refractivity contribution is 8.02. The van der Waals surface area contributed by atoms with Crippen LogP contribution in [0.15, 0.2) is 97.1 Å². The normalized spacial score (nSPS) is 29.5. The maximum absolute atomic E-state index is 14.7. The second-order valence-electron chi connectivity index (χ2n) is 11.1. The van der Waals surface area contributed by atoms with Gasteiger partial charge in [0.2, 0.25) is 5.91 Å². The largest absolute Gasteiger partial charge is 0.461 e. The van der Waals surface area contributed by atoms with Gasteiger partial charge < -0.3 is 19.6 Å². The van der Waals surface area contributed by atoms with Crippen LogP contribution in [0.1, 0.15) is 5.56 Å². The fourth-order valence-corrected chi connectivity index (χ4v) is 9.00. The third-order valence-corrected chi connectivity index (χ3v) is 10.6. The Morgan fingerprint density at radius 2 is 1.73 bits per heavy atom. The number of aliphatic hydroxyl groups excluding tert-OH is 1. The highest BCUT2D eigenvalue weighted by Gasteiger charge is 2.71. The van der Waals surface area contributed by atoms with Gasteiger partial charge in [0.1, 0.15) is 12.6 Å². The summed E-state index contributed by atoms with van der Waals surface area (Å²) in [7, 11) is 0. The molecule has 4 aliphatic rings. The first-order valence-corrected chi connectivity index (χ1v) is 14.9. The summed E-state index contributed by atoms with van der Waals surface area (Å²) in [6.45, 7) is 0.198. The Hall–Kier alpha value is -3.88. The minimum atomic E-state index is -0.972. The summed E-state index contributed by atoms with van der Waals surface area (Å²) in [5.74, 6) is -2.40. The van der Waals surface area contributed by atoms with Gasteiger partial charge in [0.05, 0.1) is 29.2 Å². The summed E-state index contributed by atoms with van der Waals surface area (Å²) in [6, 6.07) is 22.0. The van der Waals surface area contributed by atoms with Gasteiger partial charge in [0.15, 0.2) is 0 Å². The lowest BCUT2D eigenvalue weighted by Crippen LogP contribution is -2.57. The molecule has 0 aliphatic carbocycles. The SMILES string of the molecule is O=C1OCC=C[C@H]2S[C@]34C=CCN(c5ccc6ccccc6c5)C(=O)C3N([C@@H](CO)Cc3ccccc3)C(=O)[C@@H]4[C@@H]12. The molecule has 0 bridgehead atoms. The number of ether oxygens (including phenoxy) is 1. The van der Waals surface area contributed by atoms with E-state index in [9.17, 15) is 19.5 Å². The number of carbonyl (C=O) groups excluding carboxylic acids is 3. The van der Waals surface area contributed by atoms with Gasteiger partial charge in [-0.05, 0) is 34.9 Å². The highest BCUT2D eigenvalue weighted by atomic mass is 32.2. The Balaban J connectivity index is 1.35. The molecule has 1 unspecified atom stereocenters. The van der Waals surface area contributed by atoms with Crippen LogP contribution in [0.5, 0.6) is 0 Å². The minimum absolute atomic E-state index is 0.172. The maximum Gasteiger partial charge on any atom is 0.311 e. The lowest BCUT2D eigenvalue weighted by Gasteiger charge is -2.38. The average Bonchev–Trinajstić information content (AvgIpc) is 3.30. The number of aliphatic hydroxyl groups is 1. The molecule has 4 aliphatic heterocycles. The quantitative estimate of drug-likeness (QED) is 0.374. The van der Waals surface area contributed by atoms with E-state index in [0.29, 0.717) is 13.0 Å².